The highest BCUT2D eigenvalue weighted by atomic mass is 19.4. The number of hydrogen-bond acceptors (Lipinski definition) is 4. The quantitative estimate of drug-likeness (QED) is 0.433. The van der Waals surface area contributed by atoms with Crippen LogP contribution < -0.4 is 5.32 Å². The molecule has 0 aliphatic carbocycles. The Hall–Kier alpha value is -3.82. The van der Waals surface area contributed by atoms with Crippen molar-refractivity contribution in [1.29, 1.82) is 0 Å². The lowest BCUT2D eigenvalue weighted by molar-refractivity contribution is -0.142. The molecular formula is C22H17F4N5O. The lowest BCUT2D eigenvalue weighted by Crippen LogP contribution is -2.16. The molecule has 164 valence electrons. The third-order valence-corrected chi connectivity index (χ3v) is 4.78. The second-order valence-corrected chi connectivity index (χ2v) is 7.41. The monoisotopic (exact) mass is 443 g/mol. The molecule has 32 heavy (non-hydrogen) atoms. The predicted octanol–water partition coefficient (Wildman–Crippen LogP) is 5.32. The largest absolute Gasteiger partial charge is 0.433 e. The summed E-state index contributed by atoms with van der Waals surface area (Å²) in [4.78, 5) is 20.5. The molecule has 0 spiro atoms. The predicted molar refractivity (Wildman–Crippen MR) is 110 cm³/mol. The van der Waals surface area contributed by atoms with Crippen LogP contribution in [-0.2, 0) is 6.18 Å². The van der Waals surface area contributed by atoms with Crippen molar-refractivity contribution in [3.8, 4) is 11.3 Å². The van der Waals surface area contributed by atoms with Gasteiger partial charge in [-0.2, -0.15) is 22.7 Å². The normalized spacial score (nSPS) is 11.8. The van der Waals surface area contributed by atoms with Gasteiger partial charge in [0.25, 0.3) is 11.7 Å². The minimum absolute atomic E-state index is 0.0755. The highest BCUT2D eigenvalue weighted by molar-refractivity contribution is 6.01. The lowest BCUT2D eigenvalue weighted by atomic mass is 10.0. The molecule has 0 atom stereocenters. The van der Waals surface area contributed by atoms with Crippen molar-refractivity contribution in [3.05, 3.63) is 77.5 Å². The number of carbonyl (C=O) groups excluding carboxylic acids is 1. The Bertz CT molecular complexity index is 1280. The topological polar surface area (TPSA) is 72.2 Å². The summed E-state index contributed by atoms with van der Waals surface area (Å²) in [5.41, 5.74) is 0.553. The number of anilines is 1. The molecule has 0 saturated carbocycles. The zero-order valence-electron chi connectivity index (χ0n) is 17.0. The van der Waals surface area contributed by atoms with Gasteiger partial charge in [-0.15, -0.1) is 5.10 Å². The van der Waals surface area contributed by atoms with Gasteiger partial charge < -0.3 is 5.32 Å². The highest BCUT2D eigenvalue weighted by Gasteiger charge is 2.36. The number of carbonyl (C=O) groups is 1. The van der Waals surface area contributed by atoms with Crippen LogP contribution in [0.25, 0.3) is 17.0 Å². The number of amides is 1. The first-order valence-electron chi connectivity index (χ1n) is 9.64. The van der Waals surface area contributed by atoms with E-state index in [1.165, 1.54) is 12.1 Å². The third-order valence-electron chi connectivity index (χ3n) is 4.78. The van der Waals surface area contributed by atoms with E-state index < -0.39 is 35.2 Å². The van der Waals surface area contributed by atoms with Gasteiger partial charge in [-0.05, 0) is 53.9 Å². The van der Waals surface area contributed by atoms with Crippen LogP contribution in [0.1, 0.15) is 41.6 Å². The fourth-order valence-electron chi connectivity index (χ4n) is 3.07. The zero-order valence-corrected chi connectivity index (χ0v) is 17.0. The summed E-state index contributed by atoms with van der Waals surface area (Å²) < 4.78 is 54.6. The zero-order chi connectivity index (χ0) is 23.0. The van der Waals surface area contributed by atoms with E-state index in [9.17, 15) is 22.4 Å². The molecule has 0 bridgehead atoms. The number of fused-ring (bicyclic) bond motifs is 1. The number of aromatic nitrogens is 4. The summed E-state index contributed by atoms with van der Waals surface area (Å²) in [6, 6.07) is 12.7. The number of hydrogen-bond donors (Lipinski definition) is 1. The van der Waals surface area contributed by atoms with Crippen LogP contribution in [0.3, 0.4) is 0 Å². The summed E-state index contributed by atoms with van der Waals surface area (Å²) in [6.45, 7) is 4.05. The van der Waals surface area contributed by atoms with E-state index in [0.717, 1.165) is 23.8 Å². The van der Waals surface area contributed by atoms with E-state index in [-0.39, 0.29) is 11.3 Å². The van der Waals surface area contributed by atoms with E-state index in [1.54, 1.807) is 12.1 Å². The van der Waals surface area contributed by atoms with Crippen molar-refractivity contribution in [2.24, 2.45) is 0 Å². The van der Waals surface area contributed by atoms with Gasteiger partial charge >= 0.3 is 6.18 Å². The second-order valence-electron chi connectivity index (χ2n) is 7.41. The number of alkyl halides is 3. The Morgan fingerprint density at radius 1 is 1.00 bits per heavy atom. The molecule has 6 nitrogen and oxygen atoms in total. The average molecular weight is 443 g/mol. The van der Waals surface area contributed by atoms with Gasteiger partial charge in [0.15, 0.2) is 5.69 Å². The summed E-state index contributed by atoms with van der Waals surface area (Å²) in [5, 5.41) is 6.29. The molecule has 2 heterocycles. The van der Waals surface area contributed by atoms with Crippen LogP contribution in [0.4, 0.5) is 23.2 Å². The maximum absolute atomic E-state index is 13.7. The standard InChI is InChI=1S/C22H17F4N5O/c1-12(2)13-5-9-16(10-6-13)27-20(32)19-29-21-28-17(14-3-7-15(23)8-4-14)11-18(22(24,25)26)31(21)30-19/h3-12H,1-2H3,(H,27,32). The average Bonchev–Trinajstić information content (AvgIpc) is 3.17. The number of benzene rings is 2. The molecule has 10 heteroatoms. The smallest absolute Gasteiger partial charge is 0.319 e. The van der Waals surface area contributed by atoms with E-state index in [4.69, 9.17) is 0 Å². The lowest BCUT2D eigenvalue weighted by Gasteiger charge is -2.10. The maximum Gasteiger partial charge on any atom is 0.433 e. The first-order chi connectivity index (χ1) is 15.1. The molecule has 0 unspecified atom stereocenters. The Balaban J connectivity index is 1.72. The molecular weight excluding hydrogens is 426 g/mol. The molecule has 1 amide bonds. The van der Waals surface area contributed by atoms with Gasteiger partial charge in [-0.3, -0.25) is 4.79 Å². The molecule has 2 aromatic heterocycles. The summed E-state index contributed by atoms with van der Waals surface area (Å²) in [5.74, 6) is -1.87. The number of nitrogens with one attached hydrogen (secondary N) is 1. The van der Waals surface area contributed by atoms with E-state index in [1.807, 2.05) is 26.0 Å². The number of nitrogens with zero attached hydrogens (tertiary/aromatic N) is 4. The van der Waals surface area contributed by atoms with Crippen molar-refractivity contribution in [2.75, 3.05) is 5.32 Å². The first kappa shape index (κ1) is 21.4. The van der Waals surface area contributed by atoms with Crippen molar-refractivity contribution >= 4 is 17.4 Å². The first-order valence-corrected chi connectivity index (χ1v) is 9.64. The van der Waals surface area contributed by atoms with Crippen molar-refractivity contribution in [1.82, 2.24) is 19.6 Å². The highest BCUT2D eigenvalue weighted by Crippen LogP contribution is 2.32. The van der Waals surface area contributed by atoms with Gasteiger partial charge in [0.1, 0.15) is 5.82 Å². The molecule has 0 fully saturated rings. The summed E-state index contributed by atoms with van der Waals surface area (Å²) in [7, 11) is 0. The Morgan fingerprint density at radius 3 is 2.25 bits per heavy atom. The van der Waals surface area contributed by atoms with Crippen LogP contribution in [0, 0.1) is 5.82 Å². The summed E-state index contributed by atoms with van der Waals surface area (Å²) >= 11 is 0. The van der Waals surface area contributed by atoms with Gasteiger partial charge in [0.2, 0.25) is 5.82 Å². The molecule has 4 rings (SSSR count). The van der Waals surface area contributed by atoms with Crippen molar-refractivity contribution < 1.29 is 22.4 Å². The Kier molecular flexibility index (Phi) is 5.37. The van der Waals surface area contributed by atoms with Crippen molar-refractivity contribution in [2.45, 2.75) is 25.9 Å². The van der Waals surface area contributed by atoms with Crippen molar-refractivity contribution in [3.63, 3.8) is 0 Å². The number of rotatable bonds is 4. The Labute approximate surface area is 179 Å². The summed E-state index contributed by atoms with van der Waals surface area (Å²) in [6.07, 6.45) is -4.79. The minimum Gasteiger partial charge on any atom is -0.319 e. The molecule has 0 radical (unpaired) electrons. The number of halogens is 4. The fourth-order valence-corrected chi connectivity index (χ4v) is 3.07. The van der Waals surface area contributed by atoms with Gasteiger partial charge in [-0.1, -0.05) is 26.0 Å². The second kappa shape index (κ2) is 8.03. The maximum atomic E-state index is 13.7. The minimum atomic E-state index is -4.79. The molecule has 0 aliphatic rings. The van der Waals surface area contributed by atoms with Crippen LogP contribution >= 0.6 is 0 Å². The Morgan fingerprint density at radius 2 is 1.66 bits per heavy atom. The van der Waals surface area contributed by atoms with Crippen LogP contribution in [0.15, 0.2) is 54.6 Å². The van der Waals surface area contributed by atoms with Crippen LogP contribution in [-0.4, -0.2) is 25.5 Å². The fraction of sp³-hybridized carbons (Fsp3) is 0.182. The molecule has 0 saturated heterocycles. The van der Waals surface area contributed by atoms with Crippen LogP contribution in [0.5, 0.6) is 0 Å². The van der Waals surface area contributed by atoms with E-state index >= 15 is 0 Å². The van der Waals surface area contributed by atoms with E-state index in [2.05, 4.69) is 20.4 Å². The van der Waals surface area contributed by atoms with E-state index in [0.29, 0.717) is 16.1 Å². The van der Waals surface area contributed by atoms with Gasteiger partial charge in [-0.25, -0.2) is 9.37 Å². The molecule has 0 aliphatic heterocycles. The molecule has 2 aromatic carbocycles. The van der Waals surface area contributed by atoms with Gasteiger partial charge in [0, 0.05) is 11.3 Å². The van der Waals surface area contributed by atoms with Crippen LogP contribution in [0.2, 0.25) is 0 Å². The third kappa shape index (κ3) is 4.29. The van der Waals surface area contributed by atoms with Gasteiger partial charge in [0.05, 0.1) is 5.69 Å². The molecule has 4 aromatic rings. The SMILES string of the molecule is CC(C)c1ccc(NC(=O)c2nc3nc(-c4ccc(F)cc4)cc(C(F)(F)F)n3n2)cc1. The molecule has 1 N–H and O–H groups in total.